The quantitative estimate of drug-likeness (QED) is 0.810. The fourth-order valence-corrected chi connectivity index (χ4v) is 2.89. The molecule has 5 heteroatoms. The minimum Gasteiger partial charge on any atom is -0.328 e. The molecule has 2 amide bonds. The van der Waals surface area contributed by atoms with Crippen molar-refractivity contribution in [2.75, 3.05) is 13.1 Å². The molecule has 4 nitrogen and oxygen atoms in total. The number of benzene rings is 2. The van der Waals surface area contributed by atoms with E-state index in [0.29, 0.717) is 31.2 Å². The van der Waals surface area contributed by atoms with E-state index in [4.69, 9.17) is 11.6 Å². The molecule has 1 aliphatic heterocycles. The number of halogens is 1. The van der Waals surface area contributed by atoms with Crippen LogP contribution in [-0.2, 0) is 22.7 Å². The topological polar surface area (TPSA) is 40.6 Å². The molecule has 0 aromatic heterocycles. The van der Waals surface area contributed by atoms with Crippen LogP contribution in [0, 0.1) is 0 Å². The number of piperazine rings is 1. The van der Waals surface area contributed by atoms with E-state index >= 15 is 0 Å². The molecule has 0 bridgehead atoms. The molecule has 0 aliphatic carbocycles. The van der Waals surface area contributed by atoms with E-state index in [0.717, 1.165) is 11.1 Å². The van der Waals surface area contributed by atoms with Gasteiger partial charge in [0.25, 0.3) is 0 Å². The molecule has 0 radical (unpaired) electrons. The van der Waals surface area contributed by atoms with Gasteiger partial charge in [-0.2, -0.15) is 0 Å². The van der Waals surface area contributed by atoms with Crippen molar-refractivity contribution < 1.29 is 9.59 Å². The summed E-state index contributed by atoms with van der Waals surface area (Å²) in [4.78, 5) is 27.8. The first kappa shape index (κ1) is 15.6. The monoisotopic (exact) mass is 328 g/mol. The molecule has 3 rings (SSSR count). The van der Waals surface area contributed by atoms with Gasteiger partial charge in [-0.25, -0.2) is 0 Å². The van der Waals surface area contributed by atoms with E-state index < -0.39 is 11.8 Å². The van der Waals surface area contributed by atoms with E-state index in [1.54, 1.807) is 15.9 Å². The molecule has 118 valence electrons. The van der Waals surface area contributed by atoms with Gasteiger partial charge in [-0.15, -0.1) is 0 Å². The summed E-state index contributed by atoms with van der Waals surface area (Å²) in [5.41, 5.74) is 1.95. The smallest absolute Gasteiger partial charge is 0.312 e. The minimum atomic E-state index is -0.452. The van der Waals surface area contributed by atoms with Crippen LogP contribution in [0.2, 0.25) is 5.02 Å². The Morgan fingerprint density at radius 2 is 1.35 bits per heavy atom. The van der Waals surface area contributed by atoms with Crippen LogP contribution in [0.3, 0.4) is 0 Å². The Hall–Kier alpha value is -2.33. The number of rotatable bonds is 4. The van der Waals surface area contributed by atoms with Crippen LogP contribution in [0.25, 0.3) is 0 Å². The zero-order valence-corrected chi connectivity index (χ0v) is 13.4. The Labute approximate surface area is 140 Å². The van der Waals surface area contributed by atoms with Gasteiger partial charge in [0.2, 0.25) is 0 Å². The minimum absolute atomic E-state index is 0.407. The Balaban J connectivity index is 1.65. The van der Waals surface area contributed by atoms with Gasteiger partial charge in [-0.05, 0) is 23.3 Å². The van der Waals surface area contributed by atoms with Crippen LogP contribution in [0.5, 0.6) is 0 Å². The number of amides is 2. The third kappa shape index (κ3) is 3.71. The first-order chi connectivity index (χ1) is 11.1. The van der Waals surface area contributed by atoms with Gasteiger partial charge in [0.15, 0.2) is 0 Å². The van der Waals surface area contributed by atoms with Gasteiger partial charge in [-0.3, -0.25) is 9.59 Å². The summed E-state index contributed by atoms with van der Waals surface area (Å²) in [6.07, 6.45) is 0. The van der Waals surface area contributed by atoms with Crippen LogP contribution in [0.4, 0.5) is 0 Å². The second-order valence-corrected chi connectivity index (χ2v) is 6.01. The van der Waals surface area contributed by atoms with Gasteiger partial charge in [0, 0.05) is 31.2 Å². The summed E-state index contributed by atoms with van der Waals surface area (Å²) in [5.74, 6) is -0.894. The average molecular weight is 329 g/mol. The van der Waals surface area contributed by atoms with Crippen LogP contribution in [0.1, 0.15) is 11.1 Å². The molecule has 1 heterocycles. The van der Waals surface area contributed by atoms with Crippen molar-refractivity contribution in [3.05, 3.63) is 70.7 Å². The van der Waals surface area contributed by atoms with Gasteiger partial charge in [0.1, 0.15) is 0 Å². The van der Waals surface area contributed by atoms with E-state index in [-0.39, 0.29) is 0 Å². The SMILES string of the molecule is O=C1C(=O)N(Cc2cccc(Cl)c2)CCN1Cc1ccccc1. The van der Waals surface area contributed by atoms with Crippen molar-refractivity contribution in [3.8, 4) is 0 Å². The van der Waals surface area contributed by atoms with Crippen molar-refractivity contribution in [3.63, 3.8) is 0 Å². The maximum Gasteiger partial charge on any atom is 0.312 e. The molecule has 1 fully saturated rings. The predicted molar refractivity (Wildman–Crippen MR) is 88.7 cm³/mol. The van der Waals surface area contributed by atoms with E-state index in [9.17, 15) is 9.59 Å². The van der Waals surface area contributed by atoms with Gasteiger partial charge >= 0.3 is 11.8 Å². The first-order valence-electron chi connectivity index (χ1n) is 7.50. The maximum absolute atomic E-state index is 12.3. The second-order valence-electron chi connectivity index (χ2n) is 5.57. The first-order valence-corrected chi connectivity index (χ1v) is 7.88. The molecule has 0 N–H and O–H groups in total. The Kier molecular flexibility index (Phi) is 4.63. The lowest BCUT2D eigenvalue weighted by Gasteiger charge is -2.33. The summed E-state index contributed by atoms with van der Waals surface area (Å²) in [6, 6.07) is 17.0. The molecule has 0 atom stereocenters. The number of hydrogen-bond donors (Lipinski definition) is 0. The van der Waals surface area contributed by atoms with E-state index in [1.165, 1.54) is 0 Å². The van der Waals surface area contributed by atoms with Crippen molar-refractivity contribution in [2.45, 2.75) is 13.1 Å². The molecule has 1 saturated heterocycles. The fourth-order valence-electron chi connectivity index (χ4n) is 2.68. The lowest BCUT2D eigenvalue weighted by molar-refractivity contribution is -0.156. The van der Waals surface area contributed by atoms with Crippen molar-refractivity contribution in [1.82, 2.24) is 9.80 Å². The molecular formula is C18H17ClN2O2. The Bertz CT molecular complexity index is 718. The molecular weight excluding hydrogens is 312 g/mol. The highest BCUT2D eigenvalue weighted by Gasteiger charge is 2.32. The van der Waals surface area contributed by atoms with Crippen molar-refractivity contribution >= 4 is 23.4 Å². The third-order valence-corrected chi connectivity index (χ3v) is 4.11. The zero-order valence-electron chi connectivity index (χ0n) is 12.6. The molecule has 0 saturated carbocycles. The van der Waals surface area contributed by atoms with Crippen LogP contribution >= 0.6 is 11.6 Å². The van der Waals surface area contributed by atoms with Gasteiger partial charge in [-0.1, -0.05) is 54.1 Å². The Morgan fingerprint density at radius 3 is 1.96 bits per heavy atom. The van der Waals surface area contributed by atoms with Crippen molar-refractivity contribution in [1.29, 1.82) is 0 Å². The summed E-state index contributed by atoms with van der Waals surface area (Å²) in [6.45, 7) is 1.95. The van der Waals surface area contributed by atoms with E-state index in [1.807, 2.05) is 48.5 Å². The highest BCUT2D eigenvalue weighted by molar-refractivity contribution is 6.35. The van der Waals surface area contributed by atoms with Crippen LogP contribution < -0.4 is 0 Å². The van der Waals surface area contributed by atoms with Crippen molar-refractivity contribution in [2.24, 2.45) is 0 Å². The number of hydrogen-bond acceptors (Lipinski definition) is 2. The predicted octanol–water partition coefficient (Wildman–Crippen LogP) is 2.71. The molecule has 1 aliphatic rings. The van der Waals surface area contributed by atoms with Crippen LogP contribution in [-0.4, -0.2) is 34.7 Å². The summed E-state index contributed by atoms with van der Waals surface area (Å²) < 4.78 is 0. The average Bonchev–Trinajstić information content (AvgIpc) is 2.56. The zero-order chi connectivity index (χ0) is 16.2. The largest absolute Gasteiger partial charge is 0.328 e. The number of nitrogens with zero attached hydrogens (tertiary/aromatic N) is 2. The second kappa shape index (κ2) is 6.84. The highest BCUT2D eigenvalue weighted by Crippen LogP contribution is 2.16. The van der Waals surface area contributed by atoms with Gasteiger partial charge in [0.05, 0.1) is 0 Å². The molecule has 23 heavy (non-hydrogen) atoms. The third-order valence-electron chi connectivity index (χ3n) is 3.88. The molecule has 2 aromatic carbocycles. The van der Waals surface area contributed by atoms with E-state index in [2.05, 4.69) is 0 Å². The highest BCUT2D eigenvalue weighted by atomic mass is 35.5. The van der Waals surface area contributed by atoms with Gasteiger partial charge < -0.3 is 9.80 Å². The maximum atomic E-state index is 12.3. The fraction of sp³-hybridized carbons (Fsp3) is 0.222. The summed E-state index contributed by atoms with van der Waals surface area (Å²) in [7, 11) is 0. The summed E-state index contributed by atoms with van der Waals surface area (Å²) in [5, 5.41) is 0.629. The normalized spacial score (nSPS) is 15.2. The summed E-state index contributed by atoms with van der Waals surface area (Å²) >= 11 is 5.96. The molecule has 0 spiro atoms. The molecule has 2 aromatic rings. The standard InChI is InChI=1S/C18H17ClN2O2/c19-16-8-4-7-15(11-16)13-21-10-9-20(17(22)18(21)23)12-14-5-2-1-3-6-14/h1-8,11H,9-10,12-13H2. The lowest BCUT2D eigenvalue weighted by Crippen LogP contribution is -2.53. The van der Waals surface area contributed by atoms with Crippen LogP contribution in [0.15, 0.2) is 54.6 Å². The number of carbonyl (C=O) groups is 2. The molecule has 0 unspecified atom stereocenters. The number of carbonyl (C=O) groups excluding carboxylic acids is 2. The lowest BCUT2D eigenvalue weighted by atomic mass is 10.1. The Morgan fingerprint density at radius 1 is 0.783 bits per heavy atom.